The summed E-state index contributed by atoms with van der Waals surface area (Å²) in [4.78, 5) is 0. The maximum absolute atomic E-state index is 13.4. The molecule has 2 saturated carbocycles. The predicted molar refractivity (Wildman–Crippen MR) is 94.9 cm³/mol. The van der Waals surface area contributed by atoms with Gasteiger partial charge in [-0.3, -0.25) is 0 Å². The van der Waals surface area contributed by atoms with Crippen LogP contribution in [0.3, 0.4) is 0 Å². The van der Waals surface area contributed by atoms with E-state index in [9.17, 15) is 13.2 Å². The van der Waals surface area contributed by atoms with Gasteiger partial charge in [-0.05, 0) is 86.8 Å². The molecule has 142 valence electrons. The average molecular weight is 587 g/mol. The minimum Gasteiger partial charge on any atom is -0.694 e. The van der Waals surface area contributed by atoms with E-state index in [0.717, 1.165) is 43.4 Å². The quantitative estimate of drug-likeness (QED) is 0.203. The average Bonchev–Trinajstić information content (AvgIpc) is 2.61. The molecule has 1 aromatic rings. The van der Waals surface area contributed by atoms with Crippen molar-refractivity contribution in [3.05, 3.63) is 41.6 Å². The molecule has 0 atom stereocenters. The van der Waals surface area contributed by atoms with Gasteiger partial charge >= 0.3 is 0 Å². The molecule has 2 aliphatic rings. The molecule has 3 rings (SSSR count). The van der Waals surface area contributed by atoms with Crippen molar-refractivity contribution in [2.45, 2.75) is 71.1 Å². The minimum absolute atomic E-state index is 0. The van der Waals surface area contributed by atoms with Gasteiger partial charge in [0.2, 0.25) is 0 Å². The Balaban J connectivity index is 0.000000791. The van der Waals surface area contributed by atoms with E-state index < -0.39 is 17.5 Å². The van der Waals surface area contributed by atoms with Crippen LogP contribution in [-0.2, 0) is 0 Å². The normalized spacial score (nSPS) is 28.2. The van der Waals surface area contributed by atoms with Crippen LogP contribution in [0.15, 0.2) is 12.1 Å². The van der Waals surface area contributed by atoms with Gasteiger partial charge in [-0.15, -0.1) is 0 Å². The first-order valence-corrected chi connectivity index (χ1v) is 9.44. The second-order valence-electron chi connectivity index (χ2n) is 7.68. The maximum atomic E-state index is 13.4. The SMILES string of the molecule is CC1CCC(C2CCC(c3cc(F)c(F)c(F)c3)CC2)CC1.[C-]#CC.[U]. The van der Waals surface area contributed by atoms with Gasteiger partial charge in [0.15, 0.2) is 17.5 Å². The summed E-state index contributed by atoms with van der Waals surface area (Å²) in [7, 11) is 0. The molecule has 0 spiro atoms. The van der Waals surface area contributed by atoms with Crippen LogP contribution in [-0.4, -0.2) is 0 Å². The zero-order valence-electron chi connectivity index (χ0n) is 15.8. The van der Waals surface area contributed by atoms with E-state index in [-0.39, 0.29) is 37.0 Å². The third-order valence-corrected chi connectivity index (χ3v) is 5.98. The largest absolute Gasteiger partial charge is 0.694 e. The number of rotatable bonds is 2. The summed E-state index contributed by atoms with van der Waals surface area (Å²) in [6.07, 6.45) is 15.6. The molecule has 0 radical (unpaired) electrons. The molecule has 4 heteroatoms. The van der Waals surface area contributed by atoms with Crippen LogP contribution in [0, 0.1) is 78.7 Å². The second kappa shape index (κ2) is 11.5. The van der Waals surface area contributed by atoms with Crippen LogP contribution in [0.4, 0.5) is 13.2 Å². The van der Waals surface area contributed by atoms with E-state index in [1.807, 2.05) is 5.92 Å². The van der Waals surface area contributed by atoms with Crippen molar-refractivity contribution in [2.24, 2.45) is 17.8 Å². The smallest absolute Gasteiger partial charge is 0.194 e. The molecule has 0 N–H and O–H groups in total. The Hall–Kier alpha value is -0.378. The molecule has 26 heavy (non-hydrogen) atoms. The third kappa shape index (κ3) is 6.35. The Labute approximate surface area is 180 Å². The van der Waals surface area contributed by atoms with Crippen molar-refractivity contribution in [2.75, 3.05) is 0 Å². The Bertz CT molecular complexity index is 569. The first-order chi connectivity index (χ1) is 12.0. The minimum atomic E-state index is -1.35. The summed E-state index contributed by atoms with van der Waals surface area (Å²) in [5.41, 5.74) is 0.632. The molecule has 2 fully saturated rings. The summed E-state index contributed by atoms with van der Waals surface area (Å²) >= 11 is 0. The summed E-state index contributed by atoms with van der Waals surface area (Å²) in [5, 5.41) is 0. The van der Waals surface area contributed by atoms with Gasteiger partial charge in [0.25, 0.3) is 0 Å². The van der Waals surface area contributed by atoms with Crippen molar-refractivity contribution in [1.82, 2.24) is 0 Å². The van der Waals surface area contributed by atoms with Crippen molar-refractivity contribution in [3.8, 4) is 5.92 Å². The monoisotopic (exact) mass is 587 g/mol. The Morgan fingerprint density at radius 3 is 1.65 bits per heavy atom. The zero-order chi connectivity index (χ0) is 18.4. The van der Waals surface area contributed by atoms with Gasteiger partial charge in [-0.25, -0.2) is 13.2 Å². The first-order valence-electron chi connectivity index (χ1n) is 9.44. The zero-order valence-corrected chi connectivity index (χ0v) is 19.9. The van der Waals surface area contributed by atoms with Crippen molar-refractivity contribution in [1.29, 1.82) is 0 Å². The Morgan fingerprint density at radius 1 is 0.846 bits per heavy atom. The number of hydrogen-bond acceptors (Lipinski definition) is 0. The topological polar surface area (TPSA) is 0 Å². The predicted octanol–water partition coefficient (Wildman–Crippen LogP) is 6.80. The van der Waals surface area contributed by atoms with Crippen molar-refractivity contribution >= 4 is 0 Å². The van der Waals surface area contributed by atoms with E-state index in [2.05, 4.69) is 6.92 Å². The van der Waals surface area contributed by atoms with E-state index in [1.165, 1.54) is 37.8 Å². The molecule has 0 saturated heterocycles. The molecule has 0 bridgehead atoms. The second-order valence-corrected chi connectivity index (χ2v) is 7.68. The van der Waals surface area contributed by atoms with Gasteiger partial charge in [-0.2, -0.15) is 0 Å². The van der Waals surface area contributed by atoms with Gasteiger partial charge in [0.05, 0.1) is 0 Å². The van der Waals surface area contributed by atoms with Crippen molar-refractivity contribution < 1.29 is 44.3 Å². The summed E-state index contributed by atoms with van der Waals surface area (Å²) < 4.78 is 39.8. The van der Waals surface area contributed by atoms with Crippen LogP contribution < -0.4 is 0 Å². The first kappa shape index (κ1) is 23.7. The number of halogens is 3. The third-order valence-electron chi connectivity index (χ3n) is 5.98. The van der Waals surface area contributed by atoms with Crippen LogP contribution in [0.1, 0.15) is 76.7 Å². The molecule has 0 aliphatic heterocycles. The van der Waals surface area contributed by atoms with Gasteiger partial charge in [-0.1, -0.05) is 19.8 Å². The molecular formula is C22H28F3U-. The Kier molecular flexibility index (Phi) is 10.4. The molecule has 0 aromatic heterocycles. The Morgan fingerprint density at radius 2 is 1.23 bits per heavy atom. The fourth-order valence-electron chi connectivity index (χ4n) is 4.49. The molecule has 0 heterocycles. The molecule has 0 unspecified atom stereocenters. The fraction of sp³-hybridized carbons (Fsp3) is 0.636. The van der Waals surface area contributed by atoms with E-state index in [4.69, 9.17) is 6.42 Å². The van der Waals surface area contributed by atoms with Gasteiger partial charge in [0.1, 0.15) is 0 Å². The molecule has 0 amide bonds. The molecule has 2 aliphatic carbocycles. The standard InChI is InChI=1S/C19H25F3.C3H3.U/c1-12-2-4-13(5-3-12)14-6-8-15(9-7-14)16-10-17(20)19(22)18(21)11-16;1-3-2;/h10-15H,2-9H2,1H3;1H3;/q;-1;. The summed E-state index contributed by atoms with van der Waals surface area (Å²) in [6.45, 7) is 3.88. The van der Waals surface area contributed by atoms with Gasteiger partial charge < -0.3 is 12.3 Å². The molecule has 1 aromatic carbocycles. The van der Waals surface area contributed by atoms with Crippen LogP contribution >= 0.6 is 0 Å². The summed E-state index contributed by atoms with van der Waals surface area (Å²) in [6, 6.07) is 2.37. The molecular weight excluding hydrogens is 559 g/mol. The van der Waals surface area contributed by atoms with Crippen LogP contribution in [0.2, 0.25) is 0 Å². The van der Waals surface area contributed by atoms with E-state index in [1.54, 1.807) is 6.92 Å². The van der Waals surface area contributed by atoms with Crippen molar-refractivity contribution in [3.63, 3.8) is 0 Å². The number of hydrogen-bond donors (Lipinski definition) is 0. The maximum Gasteiger partial charge on any atom is 0.194 e. The van der Waals surface area contributed by atoms with E-state index in [0.29, 0.717) is 5.56 Å². The van der Waals surface area contributed by atoms with Gasteiger partial charge in [0, 0.05) is 31.1 Å². The molecule has 0 nitrogen and oxygen atoms in total. The summed E-state index contributed by atoms with van der Waals surface area (Å²) in [5.74, 6) is 1.21. The van der Waals surface area contributed by atoms with Crippen LogP contribution in [0.5, 0.6) is 0 Å². The number of benzene rings is 1. The van der Waals surface area contributed by atoms with Crippen LogP contribution in [0.25, 0.3) is 0 Å². The fourth-order valence-corrected chi connectivity index (χ4v) is 4.49. The van der Waals surface area contributed by atoms with E-state index >= 15 is 0 Å².